The largest absolute Gasteiger partial charge is 0.497 e. The number of carbonyl (C=O) groups excluding carboxylic acids is 1. The fraction of sp³-hybridized carbons (Fsp3) is 0.500. The van der Waals surface area contributed by atoms with Gasteiger partial charge in [0.15, 0.2) is 0 Å². The number of carbonyl (C=O) groups is 1. The molecule has 30 heavy (non-hydrogen) atoms. The summed E-state index contributed by atoms with van der Waals surface area (Å²) in [5.41, 5.74) is 2.52. The van der Waals surface area contributed by atoms with Gasteiger partial charge in [-0.2, -0.15) is 0 Å². The number of hydrogen-bond donors (Lipinski definition) is 1. The molecule has 1 aliphatic carbocycles. The molecule has 1 aliphatic heterocycles. The molecule has 1 amide bonds. The number of nitrogens with zero attached hydrogens (tertiary/aromatic N) is 1. The number of methoxy groups -OCH3 is 1. The van der Waals surface area contributed by atoms with Crippen molar-refractivity contribution in [3.8, 4) is 5.75 Å². The Hall–Kier alpha value is -2.33. The highest BCUT2D eigenvalue weighted by molar-refractivity contribution is 5.80. The van der Waals surface area contributed by atoms with Crippen LogP contribution in [0.25, 0.3) is 0 Å². The van der Waals surface area contributed by atoms with E-state index in [1.807, 2.05) is 30.3 Å². The Balaban J connectivity index is 1.50. The normalized spacial score (nSPS) is 27.4. The van der Waals surface area contributed by atoms with Crippen molar-refractivity contribution in [2.45, 2.75) is 51.1 Å². The van der Waals surface area contributed by atoms with Gasteiger partial charge in [-0.3, -0.25) is 4.79 Å². The standard InChI is InChI=1S/C26H33NO3/c1-18(21-6-4-3-5-7-21)27-25-13-10-20(14-19-8-11-24(30-2)12-9-19)15-22(25)16-23(17-28)26(27)29/h3-9,11-12,18,20,22-23,25,28H,10,13-17H2,1-2H3/t18-,20+,22+,23-,25-/m1/s1. The van der Waals surface area contributed by atoms with Gasteiger partial charge >= 0.3 is 0 Å². The van der Waals surface area contributed by atoms with Gasteiger partial charge in [0.25, 0.3) is 0 Å². The van der Waals surface area contributed by atoms with Crippen LogP contribution in [-0.4, -0.2) is 35.7 Å². The van der Waals surface area contributed by atoms with Gasteiger partial charge in [-0.1, -0.05) is 42.5 Å². The predicted octanol–water partition coefficient (Wildman–Crippen LogP) is 4.62. The fourth-order valence-electron chi connectivity index (χ4n) is 5.61. The number of aliphatic hydroxyl groups is 1. The van der Waals surface area contributed by atoms with Crippen LogP contribution in [0.3, 0.4) is 0 Å². The van der Waals surface area contributed by atoms with Crippen molar-refractivity contribution in [1.29, 1.82) is 0 Å². The van der Waals surface area contributed by atoms with Gasteiger partial charge in [-0.25, -0.2) is 0 Å². The molecule has 4 nitrogen and oxygen atoms in total. The van der Waals surface area contributed by atoms with E-state index in [-0.39, 0.29) is 30.5 Å². The second-order valence-corrected chi connectivity index (χ2v) is 9.01. The Morgan fingerprint density at radius 3 is 2.47 bits per heavy atom. The van der Waals surface area contributed by atoms with Crippen LogP contribution in [0.15, 0.2) is 54.6 Å². The van der Waals surface area contributed by atoms with Gasteiger partial charge < -0.3 is 14.7 Å². The second kappa shape index (κ2) is 9.22. The smallest absolute Gasteiger partial charge is 0.228 e. The van der Waals surface area contributed by atoms with Crippen molar-refractivity contribution in [2.75, 3.05) is 13.7 Å². The molecule has 2 aromatic carbocycles. The molecule has 0 unspecified atom stereocenters. The number of aliphatic hydroxyl groups excluding tert-OH is 1. The van der Waals surface area contributed by atoms with Crippen LogP contribution >= 0.6 is 0 Å². The number of rotatable bonds is 6. The number of hydrogen-bond acceptors (Lipinski definition) is 3. The summed E-state index contributed by atoms with van der Waals surface area (Å²) in [6.45, 7) is 2.08. The summed E-state index contributed by atoms with van der Waals surface area (Å²) in [5.74, 6) is 1.84. The monoisotopic (exact) mass is 407 g/mol. The minimum atomic E-state index is -0.267. The first-order valence-electron chi connectivity index (χ1n) is 11.2. The number of fused-ring (bicyclic) bond motifs is 1. The minimum Gasteiger partial charge on any atom is -0.497 e. The van der Waals surface area contributed by atoms with E-state index >= 15 is 0 Å². The summed E-state index contributed by atoms with van der Waals surface area (Å²) in [6.07, 6.45) is 5.20. The van der Waals surface area contributed by atoms with Crippen molar-refractivity contribution in [1.82, 2.24) is 4.90 Å². The van der Waals surface area contributed by atoms with Crippen LogP contribution < -0.4 is 4.74 Å². The van der Waals surface area contributed by atoms with Gasteiger partial charge in [-0.15, -0.1) is 0 Å². The van der Waals surface area contributed by atoms with Gasteiger partial charge in [-0.05, 0) is 74.1 Å². The van der Waals surface area contributed by atoms with Crippen LogP contribution in [0.1, 0.15) is 49.8 Å². The van der Waals surface area contributed by atoms with Gasteiger partial charge in [0.2, 0.25) is 5.91 Å². The lowest BCUT2D eigenvalue weighted by Gasteiger charge is -2.50. The maximum absolute atomic E-state index is 13.2. The lowest BCUT2D eigenvalue weighted by molar-refractivity contribution is -0.152. The maximum atomic E-state index is 13.2. The van der Waals surface area contributed by atoms with E-state index in [0.29, 0.717) is 11.8 Å². The molecule has 2 aliphatic rings. The van der Waals surface area contributed by atoms with E-state index in [2.05, 4.69) is 36.1 Å². The van der Waals surface area contributed by atoms with Gasteiger partial charge in [0, 0.05) is 6.04 Å². The molecule has 4 heteroatoms. The third-order valence-corrected chi connectivity index (χ3v) is 7.20. The molecule has 0 radical (unpaired) electrons. The quantitative estimate of drug-likeness (QED) is 0.760. The third kappa shape index (κ3) is 4.24. The second-order valence-electron chi connectivity index (χ2n) is 9.01. The molecule has 2 fully saturated rings. The Kier molecular flexibility index (Phi) is 6.43. The maximum Gasteiger partial charge on any atom is 0.228 e. The Labute approximate surface area is 179 Å². The first kappa shape index (κ1) is 20.9. The summed E-state index contributed by atoms with van der Waals surface area (Å²) in [5, 5.41) is 9.91. The van der Waals surface area contributed by atoms with E-state index in [1.54, 1.807) is 7.11 Å². The van der Waals surface area contributed by atoms with E-state index < -0.39 is 0 Å². The van der Waals surface area contributed by atoms with Crippen molar-refractivity contribution >= 4 is 5.91 Å². The highest BCUT2D eigenvalue weighted by Crippen LogP contribution is 2.44. The lowest BCUT2D eigenvalue weighted by atomic mass is 9.69. The molecule has 160 valence electrons. The zero-order valence-corrected chi connectivity index (χ0v) is 18.0. The number of piperidine rings is 1. The molecule has 4 rings (SSSR count). The van der Waals surface area contributed by atoms with Crippen molar-refractivity contribution in [2.24, 2.45) is 17.8 Å². The first-order chi connectivity index (χ1) is 14.6. The average Bonchev–Trinajstić information content (AvgIpc) is 2.79. The zero-order chi connectivity index (χ0) is 21.1. The summed E-state index contributed by atoms with van der Waals surface area (Å²) < 4.78 is 5.27. The highest BCUT2D eigenvalue weighted by atomic mass is 16.5. The molecule has 0 spiro atoms. The molecular formula is C26H33NO3. The molecule has 2 aromatic rings. The number of benzene rings is 2. The lowest BCUT2D eigenvalue weighted by Crippen LogP contribution is -2.55. The van der Waals surface area contributed by atoms with Crippen LogP contribution in [-0.2, 0) is 11.2 Å². The van der Waals surface area contributed by atoms with E-state index in [1.165, 1.54) is 11.1 Å². The number of amides is 1. The van der Waals surface area contributed by atoms with E-state index in [4.69, 9.17) is 4.74 Å². The Bertz CT molecular complexity index is 835. The fourth-order valence-corrected chi connectivity index (χ4v) is 5.61. The summed E-state index contributed by atoms with van der Waals surface area (Å²) >= 11 is 0. The summed E-state index contributed by atoms with van der Waals surface area (Å²) in [6, 6.07) is 19.0. The molecule has 0 bridgehead atoms. The van der Waals surface area contributed by atoms with Crippen LogP contribution in [0.2, 0.25) is 0 Å². The average molecular weight is 408 g/mol. The summed E-state index contributed by atoms with van der Waals surface area (Å²) in [4.78, 5) is 15.3. The molecule has 0 aromatic heterocycles. The highest BCUT2D eigenvalue weighted by Gasteiger charge is 2.45. The van der Waals surface area contributed by atoms with Crippen LogP contribution in [0.4, 0.5) is 0 Å². The van der Waals surface area contributed by atoms with E-state index in [0.717, 1.165) is 37.9 Å². The number of likely N-dealkylation sites (tertiary alicyclic amines) is 1. The SMILES string of the molecule is COc1ccc(C[C@@H]2CC[C@@H]3[C@@H](C2)C[C@H](CO)C(=O)N3[C@H](C)c2ccccc2)cc1. The van der Waals surface area contributed by atoms with Gasteiger partial charge in [0.1, 0.15) is 5.75 Å². The van der Waals surface area contributed by atoms with Crippen molar-refractivity contribution < 1.29 is 14.6 Å². The molecular weight excluding hydrogens is 374 g/mol. The van der Waals surface area contributed by atoms with E-state index in [9.17, 15) is 9.90 Å². The third-order valence-electron chi connectivity index (χ3n) is 7.20. The van der Waals surface area contributed by atoms with Crippen LogP contribution in [0.5, 0.6) is 5.75 Å². The van der Waals surface area contributed by atoms with Crippen molar-refractivity contribution in [3.63, 3.8) is 0 Å². The first-order valence-corrected chi connectivity index (χ1v) is 11.2. The topological polar surface area (TPSA) is 49.8 Å². The number of ether oxygens (including phenoxy) is 1. The Morgan fingerprint density at radius 2 is 1.80 bits per heavy atom. The Morgan fingerprint density at radius 1 is 1.07 bits per heavy atom. The summed E-state index contributed by atoms with van der Waals surface area (Å²) in [7, 11) is 1.69. The zero-order valence-electron chi connectivity index (χ0n) is 18.0. The van der Waals surface area contributed by atoms with Gasteiger partial charge in [0.05, 0.1) is 25.7 Å². The molecule has 1 saturated heterocycles. The van der Waals surface area contributed by atoms with Crippen LogP contribution in [0, 0.1) is 17.8 Å². The van der Waals surface area contributed by atoms with Crippen molar-refractivity contribution in [3.05, 3.63) is 65.7 Å². The minimum absolute atomic E-state index is 0.0405. The predicted molar refractivity (Wildman–Crippen MR) is 118 cm³/mol. The molecule has 1 N–H and O–H groups in total. The molecule has 5 atom stereocenters. The molecule has 1 saturated carbocycles. The molecule has 1 heterocycles.